The topological polar surface area (TPSA) is 58.9 Å². The number of nitrogens with two attached hydrogens (primary N) is 1. The zero-order chi connectivity index (χ0) is 10.3. The van der Waals surface area contributed by atoms with E-state index in [0.29, 0.717) is 21.8 Å². The van der Waals surface area contributed by atoms with Crippen LogP contribution < -0.4 is 11.3 Å². The number of benzene rings is 1. The molecule has 0 atom stereocenters. The highest BCUT2D eigenvalue weighted by Crippen LogP contribution is 2.22. The highest BCUT2D eigenvalue weighted by atomic mass is 35.5. The van der Waals surface area contributed by atoms with Gasteiger partial charge in [0.2, 0.25) is 0 Å². The first kappa shape index (κ1) is 9.09. The summed E-state index contributed by atoms with van der Waals surface area (Å²) in [7, 11) is 0. The zero-order valence-electron chi connectivity index (χ0n) is 7.60. The lowest BCUT2D eigenvalue weighted by molar-refractivity contribution is 1.17. The van der Waals surface area contributed by atoms with Gasteiger partial charge in [-0.3, -0.25) is 4.79 Å². The molecule has 1 aromatic heterocycles. The summed E-state index contributed by atoms with van der Waals surface area (Å²) < 4.78 is 0. The Kier molecular flexibility index (Phi) is 1.97. The molecular weight excluding hydrogens is 200 g/mol. The predicted octanol–water partition coefficient (Wildman–Crippen LogP) is 2.07. The molecule has 0 aliphatic heterocycles. The SMILES string of the molecule is Cc1[nH]c(=O)c2cc(Cl)ccc2c1N. The average molecular weight is 209 g/mol. The van der Waals surface area contributed by atoms with Crippen LogP contribution in [0.1, 0.15) is 5.69 Å². The fourth-order valence-electron chi connectivity index (χ4n) is 1.45. The number of aromatic amines is 1. The normalized spacial score (nSPS) is 10.7. The summed E-state index contributed by atoms with van der Waals surface area (Å²) in [6.07, 6.45) is 0. The third-order valence-electron chi connectivity index (χ3n) is 2.22. The van der Waals surface area contributed by atoms with Crippen molar-refractivity contribution in [3.63, 3.8) is 0 Å². The number of halogens is 1. The molecule has 3 nitrogen and oxygen atoms in total. The smallest absolute Gasteiger partial charge is 0.256 e. The van der Waals surface area contributed by atoms with Crippen molar-refractivity contribution < 1.29 is 0 Å². The van der Waals surface area contributed by atoms with E-state index in [1.807, 2.05) is 0 Å². The van der Waals surface area contributed by atoms with Crippen molar-refractivity contribution in [2.24, 2.45) is 0 Å². The van der Waals surface area contributed by atoms with E-state index in [9.17, 15) is 4.79 Å². The Morgan fingerprint density at radius 1 is 1.36 bits per heavy atom. The largest absolute Gasteiger partial charge is 0.397 e. The van der Waals surface area contributed by atoms with E-state index in [-0.39, 0.29) is 5.56 Å². The van der Waals surface area contributed by atoms with Crippen LogP contribution >= 0.6 is 11.6 Å². The maximum Gasteiger partial charge on any atom is 0.256 e. The molecule has 0 amide bonds. The standard InChI is InChI=1S/C10H9ClN2O/c1-5-9(12)7-3-2-6(11)4-8(7)10(14)13-5/h2-4H,12H2,1H3,(H,13,14). The molecule has 3 N–H and O–H groups in total. The third kappa shape index (κ3) is 1.26. The first-order valence-corrected chi connectivity index (χ1v) is 4.55. The Balaban J connectivity index is 3.02. The van der Waals surface area contributed by atoms with Crippen molar-refractivity contribution in [2.75, 3.05) is 5.73 Å². The van der Waals surface area contributed by atoms with Crippen molar-refractivity contribution in [3.05, 3.63) is 39.3 Å². The Morgan fingerprint density at radius 3 is 2.79 bits per heavy atom. The van der Waals surface area contributed by atoms with E-state index in [1.165, 1.54) is 0 Å². The Hall–Kier alpha value is -1.48. The van der Waals surface area contributed by atoms with Gasteiger partial charge in [0.15, 0.2) is 0 Å². The molecule has 0 saturated carbocycles. The molecule has 0 radical (unpaired) electrons. The number of aromatic nitrogens is 1. The summed E-state index contributed by atoms with van der Waals surface area (Å²) in [6, 6.07) is 5.10. The monoisotopic (exact) mass is 208 g/mol. The highest BCUT2D eigenvalue weighted by molar-refractivity contribution is 6.31. The molecule has 0 bridgehead atoms. The van der Waals surface area contributed by atoms with Gasteiger partial charge in [-0.15, -0.1) is 0 Å². The van der Waals surface area contributed by atoms with Gasteiger partial charge in [0.25, 0.3) is 5.56 Å². The molecule has 72 valence electrons. The minimum absolute atomic E-state index is 0.158. The Labute approximate surface area is 85.5 Å². The van der Waals surface area contributed by atoms with Crippen LogP contribution in [0.3, 0.4) is 0 Å². The number of aryl methyl sites for hydroxylation is 1. The molecule has 14 heavy (non-hydrogen) atoms. The molecule has 0 aliphatic carbocycles. The van der Waals surface area contributed by atoms with Crippen LogP contribution in [0.2, 0.25) is 5.02 Å². The molecule has 0 saturated heterocycles. The molecular formula is C10H9ClN2O. The van der Waals surface area contributed by atoms with E-state index >= 15 is 0 Å². The van der Waals surface area contributed by atoms with E-state index in [4.69, 9.17) is 17.3 Å². The second-order valence-corrected chi connectivity index (χ2v) is 3.62. The van der Waals surface area contributed by atoms with Gasteiger partial charge in [0.05, 0.1) is 11.1 Å². The summed E-state index contributed by atoms with van der Waals surface area (Å²) in [5.74, 6) is 0. The lowest BCUT2D eigenvalue weighted by Gasteiger charge is -2.04. The van der Waals surface area contributed by atoms with E-state index < -0.39 is 0 Å². The van der Waals surface area contributed by atoms with Crippen LogP contribution in [0.15, 0.2) is 23.0 Å². The average Bonchev–Trinajstić information content (AvgIpc) is 2.14. The molecule has 1 aromatic carbocycles. The molecule has 0 aliphatic rings. The summed E-state index contributed by atoms with van der Waals surface area (Å²) in [5, 5.41) is 1.81. The Morgan fingerprint density at radius 2 is 2.07 bits per heavy atom. The van der Waals surface area contributed by atoms with Gasteiger partial charge < -0.3 is 10.7 Å². The summed E-state index contributed by atoms with van der Waals surface area (Å²) in [4.78, 5) is 14.2. The number of pyridine rings is 1. The second kappa shape index (κ2) is 3.03. The number of nitrogen functional groups attached to an aromatic ring is 1. The maximum absolute atomic E-state index is 11.5. The van der Waals surface area contributed by atoms with E-state index in [2.05, 4.69) is 4.98 Å². The van der Waals surface area contributed by atoms with Gasteiger partial charge in [-0.1, -0.05) is 17.7 Å². The van der Waals surface area contributed by atoms with Crippen molar-refractivity contribution in [1.82, 2.24) is 4.98 Å². The molecule has 0 fully saturated rings. The molecule has 0 spiro atoms. The van der Waals surface area contributed by atoms with Crippen LogP contribution in [0.5, 0.6) is 0 Å². The minimum Gasteiger partial charge on any atom is -0.397 e. The second-order valence-electron chi connectivity index (χ2n) is 3.18. The van der Waals surface area contributed by atoms with Crippen LogP contribution in [0.25, 0.3) is 10.8 Å². The summed E-state index contributed by atoms with van der Waals surface area (Å²) in [6.45, 7) is 1.77. The van der Waals surface area contributed by atoms with Crippen molar-refractivity contribution in [3.8, 4) is 0 Å². The van der Waals surface area contributed by atoms with E-state index in [1.54, 1.807) is 25.1 Å². The van der Waals surface area contributed by atoms with Gasteiger partial charge in [-0.25, -0.2) is 0 Å². The Bertz CT molecular complexity index is 560. The zero-order valence-corrected chi connectivity index (χ0v) is 8.35. The van der Waals surface area contributed by atoms with Crippen LogP contribution in [0, 0.1) is 6.92 Å². The minimum atomic E-state index is -0.158. The van der Waals surface area contributed by atoms with Gasteiger partial charge in [-0.05, 0) is 19.1 Å². The van der Waals surface area contributed by atoms with Crippen molar-refractivity contribution in [2.45, 2.75) is 6.92 Å². The molecule has 0 unspecified atom stereocenters. The highest BCUT2D eigenvalue weighted by Gasteiger charge is 2.05. The number of anilines is 1. The lowest BCUT2D eigenvalue weighted by atomic mass is 10.1. The fraction of sp³-hybridized carbons (Fsp3) is 0.100. The number of H-pyrrole nitrogens is 1. The first-order chi connectivity index (χ1) is 6.59. The number of hydrogen-bond donors (Lipinski definition) is 2. The first-order valence-electron chi connectivity index (χ1n) is 4.17. The number of nitrogens with one attached hydrogen (secondary N) is 1. The van der Waals surface area contributed by atoms with Crippen LogP contribution in [0.4, 0.5) is 5.69 Å². The third-order valence-corrected chi connectivity index (χ3v) is 2.46. The number of fused-ring (bicyclic) bond motifs is 1. The summed E-state index contributed by atoms with van der Waals surface area (Å²) >= 11 is 5.79. The molecule has 2 aromatic rings. The number of hydrogen-bond acceptors (Lipinski definition) is 2. The maximum atomic E-state index is 11.5. The van der Waals surface area contributed by atoms with Gasteiger partial charge in [0, 0.05) is 16.1 Å². The lowest BCUT2D eigenvalue weighted by Crippen LogP contribution is -2.10. The molecule has 1 heterocycles. The van der Waals surface area contributed by atoms with Gasteiger partial charge in [-0.2, -0.15) is 0 Å². The van der Waals surface area contributed by atoms with Crippen LogP contribution in [-0.2, 0) is 0 Å². The van der Waals surface area contributed by atoms with Gasteiger partial charge >= 0.3 is 0 Å². The predicted molar refractivity (Wildman–Crippen MR) is 58.7 cm³/mol. The van der Waals surface area contributed by atoms with Crippen molar-refractivity contribution in [1.29, 1.82) is 0 Å². The fourth-order valence-corrected chi connectivity index (χ4v) is 1.62. The summed E-state index contributed by atoms with van der Waals surface area (Å²) in [5.41, 5.74) is 6.94. The molecule has 4 heteroatoms. The number of rotatable bonds is 0. The van der Waals surface area contributed by atoms with E-state index in [0.717, 1.165) is 5.39 Å². The quantitative estimate of drug-likeness (QED) is 0.697. The van der Waals surface area contributed by atoms with Crippen molar-refractivity contribution >= 4 is 28.1 Å². The molecule has 2 rings (SSSR count). The van der Waals surface area contributed by atoms with Crippen LogP contribution in [-0.4, -0.2) is 4.98 Å². The van der Waals surface area contributed by atoms with Gasteiger partial charge in [0.1, 0.15) is 0 Å².